The molecule has 1 nitrogen and oxygen atoms in total. The Morgan fingerprint density at radius 3 is 2.33 bits per heavy atom. The Labute approximate surface area is 76.1 Å². The van der Waals surface area contributed by atoms with E-state index in [1.807, 2.05) is 0 Å². The molecule has 12 heavy (non-hydrogen) atoms. The van der Waals surface area contributed by atoms with E-state index in [1.165, 1.54) is 16.4 Å². The van der Waals surface area contributed by atoms with Crippen molar-refractivity contribution in [2.75, 3.05) is 24.7 Å². The number of hydrogen-bond donors (Lipinski definition) is 0. The van der Waals surface area contributed by atoms with Crippen molar-refractivity contribution in [3.8, 4) is 0 Å². The summed E-state index contributed by atoms with van der Waals surface area (Å²) in [5.74, 6) is 2.42. The third kappa shape index (κ3) is 1.82. The molecule has 0 N–H and O–H groups in total. The van der Waals surface area contributed by atoms with Crippen LogP contribution >= 0.6 is 0 Å². The third-order valence-corrected chi connectivity index (χ3v) is 4.28. The normalized spacial score (nSPS) is 19.3. The molecule has 0 aromatic heterocycles. The largest absolute Gasteiger partial charge is 0.372 e. The SMILES string of the molecule is c1ccc([S+]2CCOCC2)cc1. The Morgan fingerprint density at radius 2 is 1.67 bits per heavy atom. The van der Waals surface area contributed by atoms with Gasteiger partial charge in [0, 0.05) is 10.9 Å². The van der Waals surface area contributed by atoms with E-state index in [0.29, 0.717) is 10.9 Å². The first kappa shape index (κ1) is 8.14. The van der Waals surface area contributed by atoms with Gasteiger partial charge in [0.05, 0.1) is 13.2 Å². The first-order valence-electron chi connectivity index (χ1n) is 4.27. The van der Waals surface area contributed by atoms with Crippen LogP contribution in [0.1, 0.15) is 0 Å². The fourth-order valence-corrected chi connectivity index (χ4v) is 3.23. The summed E-state index contributed by atoms with van der Waals surface area (Å²) in [4.78, 5) is 1.50. The molecule has 1 aliphatic heterocycles. The first-order chi connectivity index (χ1) is 5.97. The molecule has 0 saturated carbocycles. The van der Waals surface area contributed by atoms with Gasteiger partial charge in [-0.2, -0.15) is 0 Å². The van der Waals surface area contributed by atoms with Crippen LogP contribution in [0.15, 0.2) is 35.2 Å². The minimum Gasteiger partial charge on any atom is -0.372 e. The fraction of sp³-hybridized carbons (Fsp3) is 0.400. The molecule has 0 spiro atoms. The highest BCUT2D eigenvalue weighted by Crippen LogP contribution is 2.15. The molecule has 64 valence electrons. The predicted octanol–water partition coefficient (Wildman–Crippen LogP) is 1.69. The van der Waals surface area contributed by atoms with Gasteiger partial charge in [0.25, 0.3) is 0 Å². The van der Waals surface area contributed by atoms with E-state index in [0.717, 1.165) is 13.2 Å². The number of benzene rings is 1. The fourth-order valence-electron chi connectivity index (χ4n) is 1.37. The Hall–Kier alpha value is -0.470. The van der Waals surface area contributed by atoms with Gasteiger partial charge in [0.15, 0.2) is 4.90 Å². The van der Waals surface area contributed by atoms with E-state index in [4.69, 9.17) is 4.74 Å². The molecule has 2 rings (SSSR count). The van der Waals surface area contributed by atoms with Crippen molar-refractivity contribution >= 4 is 10.9 Å². The maximum Gasteiger partial charge on any atom is 0.155 e. The van der Waals surface area contributed by atoms with Crippen molar-refractivity contribution in [2.24, 2.45) is 0 Å². The molecule has 1 heterocycles. The van der Waals surface area contributed by atoms with Crippen LogP contribution in [0.2, 0.25) is 0 Å². The second kappa shape index (κ2) is 3.97. The molecule has 0 unspecified atom stereocenters. The maximum atomic E-state index is 5.33. The van der Waals surface area contributed by atoms with E-state index >= 15 is 0 Å². The molecule has 2 heteroatoms. The maximum absolute atomic E-state index is 5.33. The summed E-state index contributed by atoms with van der Waals surface area (Å²) < 4.78 is 5.33. The van der Waals surface area contributed by atoms with E-state index in [1.54, 1.807) is 0 Å². The van der Waals surface area contributed by atoms with Gasteiger partial charge in [0.2, 0.25) is 0 Å². The van der Waals surface area contributed by atoms with Gasteiger partial charge in [-0.15, -0.1) is 0 Å². The topological polar surface area (TPSA) is 9.23 Å². The Balaban J connectivity index is 2.08. The second-order valence-electron chi connectivity index (χ2n) is 2.83. The molecule has 0 radical (unpaired) electrons. The molecule has 1 saturated heterocycles. The smallest absolute Gasteiger partial charge is 0.155 e. The molecule has 0 amide bonds. The molecule has 0 aliphatic carbocycles. The van der Waals surface area contributed by atoms with Crippen LogP contribution in [0, 0.1) is 0 Å². The van der Waals surface area contributed by atoms with Crippen LogP contribution in [0.3, 0.4) is 0 Å². The standard InChI is InChI=1S/C10H13OS/c1-2-4-10(5-3-1)12-8-6-11-7-9-12/h1-5H,6-9H2/q+1. The van der Waals surface area contributed by atoms with Crippen molar-refractivity contribution in [1.82, 2.24) is 0 Å². The summed E-state index contributed by atoms with van der Waals surface area (Å²) in [5.41, 5.74) is 0. The molecule has 0 atom stereocenters. The van der Waals surface area contributed by atoms with Crippen LogP contribution in [-0.4, -0.2) is 24.7 Å². The van der Waals surface area contributed by atoms with Gasteiger partial charge in [-0.25, -0.2) is 0 Å². The monoisotopic (exact) mass is 181 g/mol. The second-order valence-corrected chi connectivity index (χ2v) is 5.10. The minimum absolute atomic E-state index is 0.467. The molecule has 1 aromatic rings. The van der Waals surface area contributed by atoms with Crippen molar-refractivity contribution in [3.05, 3.63) is 30.3 Å². The molecule has 1 aliphatic rings. The summed E-state index contributed by atoms with van der Waals surface area (Å²) in [6.45, 7) is 1.88. The lowest BCUT2D eigenvalue weighted by Gasteiger charge is -2.13. The Morgan fingerprint density at radius 1 is 1.00 bits per heavy atom. The number of rotatable bonds is 1. The lowest BCUT2D eigenvalue weighted by Crippen LogP contribution is -2.26. The van der Waals surface area contributed by atoms with Crippen LogP contribution < -0.4 is 0 Å². The average molecular weight is 181 g/mol. The molecular weight excluding hydrogens is 168 g/mol. The summed E-state index contributed by atoms with van der Waals surface area (Å²) in [5, 5.41) is 0. The van der Waals surface area contributed by atoms with Crippen LogP contribution in [0.5, 0.6) is 0 Å². The Bertz CT molecular complexity index is 229. The highest BCUT2D eigenvalue weighted by Gasteiger charge is 2.24. The summed E-state index contributed by atoms with van der Waals surface area (Å²) in [7, 11) is 0.467. The van der Waals surface area contributed by atoms with E-state index in [9.17, 15) is 0 Å². The highest BCUT2D eigenvalue weighted by atomic mass is 32.2. The van der Waals surface area contributed by atoms with Crippen LogP contribution in [0.4, 0.5) is 0 Å². The molecule has 1 aromatic carbocycles. The van der Waals surface area contributed by atoms with Gasteiger partial charge in [-0.05, 0) is 12.1 Å². The van der Waals surface area contributed by atoms with Gasteiger partial charge in [0.1, 0.15) is 11.5 Å². The average Bonchev–Trinajstić information content (AvgIpc) is 2.21. The third-order valence-electron chi connectivity index (χ3n) is 2.02. The number of ether oxygens (including phenoxy) is 1. The van der Waals surface area contributed by atoms with Crippen molar-refractivity contribution in [1.29, 1.82) is 0 Å². The van der Waals surface area contributed by atoms with E-state index < -0.39 is 0 Å². The lowest BCUT2D eigenvalue weighted by atomic mass is 10.4. The van der Waals surface area contributed by atoms with Gasteiger partial charge >= 0.3 is 0 Å². The summed E-state index contributed by atoms with van der Waals surface area (Å²) in [6, 6.07) is 10.8. The zero-order valence-corrected chi connectivity index (χ0v) is 7.85. The molecule has 0 bridgehead atoms. The molecule has 1 fully saturated rings. The predicted molar refractivity (Wildman–Crippen MR) is 52.6 cm³/mol. The zero-order valence-electron chi connectivity index (χ0n) is 7.03. The Kier molecular flexibility index (Phi) is 2.69. The quantitative estimate of drug-likeness (QED) is 0.599. The zero-order chi connectivity index (χ0) is 8.23. The summed E-state index contributed by atoms with van der Waals surface area (Å²) >= 11 is 0. The van der Waals surface area contributed by atoms with Crippen LogP contribution in [-0.2, 0) is 15.6 Å². The number of hydrogen-bond acceptors (Lipinski definition) is 1. The van der Waals surface area contributed by atoms with Crippen LogP contribution in [0.25, 0.3) is 0 Å². The van der Waals surface area contributed by atoms with Crippen molar-refractivity contribution < 1.29 is 4.74 Å². The van der Waals surface area contributed by atoms with E-state index in [-0.39, 0.29) is 0 Å². The first-order valence-corrected chi connectivity index (χ1v) is 5.83. The lowest BCUT2D eigenvalue weighted by molar-refractivity contribution is 0.159. The molecular formula is C10H13OS+. The van der Waals surface area contributed by atoms with Gasteiger partial charge in [-0.1, -0.05) is 18.2 Å². The highest BCUT2D eigenvalue weighted by molar-refractivity contribution is 7.97. The van der Waals surface area contributed by atoms with Crippen molar-refractivity contribution in [2.45, 2.75) is 4.90 Å². The minimum atomic E-state index is 0.467. The van der Waals surface area contributed by atoms with E-state index in [2.05, 4.69) is 30.3 Å². The van der Waals surface area contributed by atoms with Gasteiger partial charge < -0.3 is 4.74 Å². The summed E-state index contributed by atoms with van der Waals surface area (Å²) in [6.07, 6.45) is 0. The van der Waals surface area contributed by atoms with Crippen molar-refractivity contribution in [3.63, 3.8) is 0 Å². The van der Waals surface area contributed by atoms with Gasteiger partial charge in [-0.3, -0.25) is 0 Å².